The normalized spacial score (nSPS) is 23.0. The Bertz CT molecular complexity index is 1400. The lowest BCUT2D eigenvalue weighted by Crippen LogP contribution is -2.50. The molecule has 6 rings (SSSR count). The zero-order chi connectivity index (χ0) is 24.7. The molecule has 6 nitrogen and oxygen atoms in total. The van der Waals surface area contributed by atoms with E-state index in [1.165, 1.54) is 6.08 Å². The van der Waals surface area contributed by atoms with Gasteiger partial charge in [-0.3, -0.25) is 4.79 Å². The Hall–Kier alpha value is -4.16. The van der Waals surface area contributed by atoms with Crippen LogP contribution in [0.1, 0.15) is 41.8 Å². The predicted molar refractivity (Wildman–Crippen MR) is 136 cm³/mol. The summed E-state index contributed by atoms with van der Waals surface area (Å²) in [5, 5.41) is 0. The lowest BCUT2D eigenvalue weighted by Gasteiger charge is -2.47. The molecule has 0 radical (unpaired) electrons. The zero-order valence-electron chi connectivity index (χ0n) is 20.0. The number of anilines is 1. The Morgan fingerprint density at radius 3 is 2.64 bits per heavy atom. The van der Waals surface area contributed by atoms with E-state index in [0.717, 1.165) is 27.9 Å². The maximum absolute atomic E-state index is 14.3. The summed E-state index contributed by atoms with van der Waals surface area (Å²) >= 11 is 0. The lowest BCUT2D eigenvalue weighted by molar-refractivity contribution is -0.184. The molecule has 0 N–H and O–H groups in total. The number of carbonyl (C=O) groups excluding carboxylic acids is 2. The van der Waals surface area contributed by atoms with Gasteiger partial charge in [-0.15, -0.1) is 0 Å². The highest BCUT2D eigenvalue weighted by Gasteiger charge is 2.57. The fourth-order valence-corrected chi connectivity index (χ4v) is 5.37. The summed E-state index contributed by atoms with van der Waals surface area (Å²) < 4.78 is 12.1. The van der Waals surface area contributed by atoms with E-state index in [4.69, 9.17) is 9.47 Å². The van der Waals surface area contributed by atoms with E-state index < -0.39 is 17.8 Å². The number of amides is 1. The molecule has 0 aromatic heterocycles. The van der Waals surface area contributed by atoms with Crippen LogP contribution in [0.4, 0.5) is 5.69 Å². The van der Waals surface area contributed by atoms with Crippen molar-refractivity contribution in [1.82, 2.24) is 4.90 Å². The second-order valence-electron chi connectivity index (χ2n) is 9.11. The van der Waals surface area contributed by atoms with Crippen LogP contribution in [-0.2, 0) is 31.2 Å². The van der Waals surface area contributed by atoms with E-state index in [-0.39, 0.29) is 18.9 Å². The van der Waals surface area contributed by atoms with Gasteiger partial charge in [-0.2, -0.15) is 0 Å². The van der Waals surface area contributed by atoms with Gasteiger partial charge in [0.15, 0.2) is 11.8 Å². The number of fused-ring (bicyclic) bond motifs is 5. The average Bonchev–Trinajstić information content (AvgIpc) is 3.12. The summed E-state index contributed by atoms with van der Waals surface area (Å²) in [6, 6.07) is 25.7. The van der Waals surface area contributed by atoms with Crippen molar-refractivity contribution in [2.24, 2.45) is 0 Å². The van der Waals surface area contributed by atoms with E-state index in [1.807, 2.05) is 96.0 Å². The standard InChI is InChI=1S/C30H26N2O4/c1-2-35-27(33)18-23-19-30(36-28-24-13-7-6-12-22(24)16-17-31(23)28)25-14-8-9-15-26(25)32(29(30)34)20-21-10-4-3-5-11-21/h3-18,28H,2,19-20H2,1H3/b23-18-/t28-,30-/m0/s1. The van der Waals surface area contributed by atoms with Gasteiger partial charge in [-0.1, -0.05) is 72.8 Å². The highest BCUT2D eigenvalue weighted by molar-refractivity contribution is 6.07. The fraction of sp³-hybridized carbons (Fsp3) is 0.200. The van der Waals surface area contributed by atoms with Gasteiger partial charge in [0.2, 0.25) is 0 Å². The van der Waals surface area contributed by atoms with Crippen molar-refractivity contribution in [2.75, 3.05) is 11.5 Å². The second kappa shape index (κ2) is 8.81. The van der Waals surface area contributed by atoms with Crippen molar-refractivity contribution < 1.29 is 19.1 Å². The molecule has 180 valence electrons. The van der Waals surface area contributed by atoms with Crippen molar-refractivity contribution in [2.45, 2.75) is 31.7 Å². The highest BCUT2D eigenvalue weighted by atomic mass is 16.5. The van der Waals surface area contributed by atoms with E-state index in [0.29, 0.717) is 12.2 Å². The summed E-state index contributed by atoms with van der Waals surface area (Å²) in [7, 11) is 0. The van der Waals surface area contributed by atoms with Crippen molar-refractivity contribution in [3.63, 3.8) is 0 Å². The molecule has 3 aromatic carbocycles. The minimum absolute atomic E-state index is 0.131. The number of hydrogen-bond donors (Lipinski definition) is 0. The number of benzene rings is 3. The molecule has 0 aliphatic carbocycles. The van der Waals surface area contributed by atoms with Crippen LogP contribution >= 0.6 is 0 Å². The smallest absolute Gasteiger partial charge is 0.332 e. The first-order valence-electron chi connectivity index (χ1n) is 12.2. The summed E-state index contributed by atoms with van der Waals surface area (Å²) in [5.74, 6) is -0.565. The minimum Gasteiger partial charge on any atom is -0.463 e. The summed E-state index contributed by atoms with van der Waals surface area (Å²) in [5.41, 5.74) is 4.06. The lowest BCUT2D eigenvalue weighted by atomic mass is 9.86. The third-order valence-electron chi connectivity index (χ3n) is 6.98. The molecule has 36 heavy (non-hydrogen) atoms. The first kappa shape index (κ1) is 22.3. The van der Waals surface area contributed by atoms with E-state index >= 15 is 0 Å². The van der Waals surface area contributed by atoms with Crippen LogP contribution in [0, 0.1) is 0 Å². The molecule has 0 saturated carbocycles. The van der Waals surface area contributed by atoms with Crippen LogP contribution in [0.15, 0.2) is 96.8 Å². The Morgan fingerprint density at radius 1 is 1.06 bits per heavy atom. The maximum atomic E-state index is 14.3. The van der Waals surface area contributed by atoms with E-state index in [9.17, 15) is 9.59 Å². The van der Waals surface area contributed by atoms with Crippen molar-refractivity contribution in [1.29, 1.82) is 0 Å². The van der Waals surface area contributed by atoms with Crippen molar-refractivity contribution >= 4 is 23.6 Å². The Labute approximate surface area is 210 Å². The zero-order valence-corrected chi connectivity index (χ0v) is 20.0. The van der Waals surface area contributed by atoms with Gasteiger partial charge in [0.25, 0.3) is 5.91 Å². The number of rotatable bonds is 4. The van der Waals surface area contributed by atoms with Gasteiger partial charge in [0, 0.05) is 35.5 Å². The van der Waals surface area contributed by atoms with Gasteiger partial charge < -0.3 is 19.3 Å². The first-order chi connectivity index (χ1) is 17.6. The molecule has 1 saturated heterocycles. The highest BCUT2D eigenvalue weighted by Crippen LogP contribution is 2.54. The van der Waals surface area contributed by atoms with Crippen molar-refractivity contribution in [3.8, 4) is 0 Å². The third kappa shape index (κ3) is 3.53. The third-order valence-corrected chi connectivity index (χ3v) is 6.98. The summed E-state index contributed by atoms with van der Waals surface area (Å²) in [4.78, 5) is 30.6. The van der Waals surface area contributed by atoms with Crippen molar-refractivity contribution in [3.05, 3.63) is 119 Å². The van der Waals surface area contributed by atoms with Crippen LogP contribution in [0.25, 0.3) is 6.08 Å². The monoisotopic (exact) mass is 478 g/mol. The van der Waals surface area contributed by atoms with Crippen LogP contribution in [-0.4, -0.2) is 23.4 Å². The number of carbonyl (C=O) groups is 2. The number of nitrogens with zero attached hydrogens (tertiary/aromatic N) is 2. The van der Waals surface area contributed by atoms with Crippen LogP contribution < -0.4 is 4.90 Å². The number of ether oxygens (including phenoxy) is 2. The van der Waals surface area contributed by atoms with Gasteiger partial charge in [0.1, 0.15) is 0 Å². The second-order valence-corrected chi connectivity index (χ2v) is 9.11. The van der Waals surface area contributed by atoms with Crippen LogP contribution in [0.3, 0.4) is 0 Å². The van der Waals surface area contributed by atoms with Crippen LogP contribution in [0.2, 0.25) is 0 Å². The SMILES string of the molecule is CCOC(=O)/C=C1/C[C@@]2(O[C@H]3c4ccccc4C=CN13)C(=O)N(Cc1ccccc1)c1ccccc12. The Morgan fingerprint density at radius 2 is 1.81 bits per heavy atom. The molecular formula is C30H26N2O4. The number of hydrogen-bond acceptors (Lipinski definition) is 5. The quantitative estimate of drug-likeness (QED) is 0.377. The molecule has 3 heterocycles. The molecule has 3 aliphatic rings. The molecule has 2 atom stereocenters. The molecule has 3 aromatic rings. The van der Waals surface area contributed by atoms with Gasteiger partial charge in [0.05, 0.1) is 18.8 Å². The Balaban J connectivity index is 1.48. The topological polar surface area (TPSA) is 59.1 Å². The van der Waals surface area contributed by atoms with Gasteiger partial charge in [-0.25, -0.2) is 4.79 Å². The van der Waals surface area contributed by atoms with Gasteiger partial charge >= 0.3 is 5.97 Å². The molecule has 1 fully saturated rings. The van der Waals surface area contributed by atoms with Crippen LogP contribution in [0.5, 0.6) is 0 Å². The minimum atomic E-state index is -1.26. The number of esters is 1. The molecule has 6 heteroatoms. The maximum Gasteiger partial charge on any atom is 0.332 e. The first-order valence-corrected chi connectivity index (χ1v) is 12.2. The molecule has 0 bridgehead atoms. The Kier molecular flexibility index (Phi) is 5.46. The largest absolute Gasteiger partial charge is 0.463 e. The van der Waals surface area contributed by atoms with Gasteiger partial charge in [-0.05, 0) is 30.2 Å². The summed E-state index contributed by atoms with van der Waals surface area (Å²) in [6.07, 6.45) is 5.07. The fourth-order valence-electron chi connectivity index (χ4n) is 5.37. The number of para-hydroxylation sites is 1. The summed E-state index contributed by atoms with van der Waals surface area (Å²) in [6.45, 7) is 2.49. The van der Waals surface area contributed by atoms with E-state index in [1.54, 1.807) is 11.8 Å². The average molecular weight is 479 g/mol. The molecule has 3 aliphatic heterocycles. The molecule has 0 unspecified atom stereocenters. The molecule has 1 amide bonds. The van der Waals surface area contributed by atoms with E-state index in [2.05, 4.69) is 0 Å². The molecular weight excluding hydrogens is 452 g/mol. The predicted octanol–water partition coefficient (Wildman–Crippen LogP) is 5.28. The molecule has 1 spiro atoms.